The Balaban J connectivity index is 1.38. The van der Waals surface area contributed by atoms with Gasteiger partial charge in [-0.25, -0.2) is 9.97 Å². The third-order valence-corrected chi connectivity index (χ3v) is 5.19. The minimum atomic E-state index is -4.48. The average molecular weight is 437 g/mol. The van der Waals surface area contributed by atoms with E-state index >= 15 is 0 Å². The molecule has 1 aliphatic rings. The van der Waals surface area contributed by atoms with Gasteiger partial charge in [0.05, 0.1) is 30.9 Å². The first-order valence-corrected chi connectivity index (χ1v) is 9.77. The van der Waals surface area contributed by atoms with E-state index in [4.69, 9.17) is 4.42 Å². The van der Waals surface area contributed by atoms with Gasteiger partial charge in [0.15, 0.2) is 5.65 Å². The smallest absolute Gasteiger partial charge is 0.406 e. The maximum Gasteiger partial charge on any atom is 0.406 e. The molecule has 12 heteroatoms. The van der Waals surface area contributed by atoms with Crippen LogP contribution in [0.3, 0.4) is 0 Å². The molecule has 0 N–H and O–H groups in total. The lowest BCUT2D eigenvalue weighted by Crippen LogP contribution is -2.51. The highest BCUT2D eigenvalue weighted by Gasteiger charge is 2.34. The van der Waals surface area contributed by atoms with E-state index in [0.717, 1.165) is 21.8 Å². The Kier molecular flexibility index (Phi) is 5.81. The van der Waals surface area contributed by atoms with Crippen LogP contribution < -0.4 is 4.90 Å². The summed E-state index contributed by atoms with van der Waals surface area (Å²) < 4.78 is 45.7. The largest absolute Gasteiger partial charge is 0.467 e. The van der Waals surface area contributed by atoms with Crippen molar-refractivity contribution in [1.82, 2.24) is 29.5 Å². The van der Waals surface area contributed by atoms with Crippen molar-refractivity contribution < 1.29 is 22.4 Å². The van der Waals surface area contributed by atoms with Crippen molar-refractivity contribution in [3.63, 3.8) is 0 Å². The van der Waals surface area contributed by atoms with E-state index in [1.807, 2.05) is 4.90 Å². The summed E-state index contributed by atoms with van der Waals surface area (Å²) in [6, 6.07) is 3.13. The van der Waals surface area contributed by atoms with Crippen LogP contribution >= 0.6 is 0 Å². The number of alkyl halides is 3. The first-order valence-electron chi connectivity index (χ1n) is 9.77. The Morgan fingerprint density at radius 1 is 1.23 bits per heavy atom. The Bertz CT molecular complexity index is 1030. The number of piperazine rings is 1. The molecule has 0 bridgehead atoms. The monoisotopic (exact) mass is 437 g/mol. The quantitative estimate of drug-likeness (QED) is 0.580. The zero-order chi connectivity index (χ0) is 22.0. The SMILES string of the molecule is Cn1ncc2c(N3CCN(CC(=O)N(Cc4ccco4)CC(F)(F)F)CC3)ncnc21. The molecule has 1 amide bonds. The van der Waals surface area contributed by atoms with E-state index in [1.165, 1.54) is 12.6 Å². The summed E-state index contributed by atoms with van der Waals surface area (Å²) in [5, 5.41) is 5.05. The summed E-state index contributed by atoms with van der Waals surface area (Å²) in [5.74, 6) is 0.492. The molecular weight excluding hydrogens is 415 g/mol. The first-order chi connectivity index (χ1) is 14.8. The number of hydrogen-bond acceptors (Lipinski definition) is 7. The topological polar surface area (TPSA) is 83.5 Å². The molecule has 0 spiro atoms. The van der Waals surface area contributed by atoms with Crippen molar-refractivity contribution in [2.45, 2.75) is 12.7 Å². The van der Waals surface area contributed by atoms with Crippen LogP contribution in [-0.2, 0) is 18.4 Å². The summed E-state index contributed by atoms with van der Waals surface area (Å²) in [7, 11) is 1.80. The second-order valence-electron chi connectivity index (χ2n) is 7.41. The number of halogens is 3. The van der Waals surface area contributed by atoms with Crippen molar-refractivity contribution in [3.05, 3.63) is 36.7 Å². The fourth-order valence-corrected chi connectivity index (χ4v) is 3.65. The van der Waals surface area contributed by atoms with Crippen LogP contribution in [0.1, 0.15) is 5.76 Å². The van der Waals surface area contributed by atoms with E-state index < -0.39 is 18.6 Å². The van der Waals surface area contributed by atoms with Gasteiger partial charge in [-0.2, -0.15) is 18.3 Å². The second kappa shape index (κ2) is 8.53. The molecule has 0 radical (unpaired) electrons. The number of rotatable bonds is 6. The van der Waals surface area contributed by atoms with Crippen molar-refractivity contribution in [1.29, 1.82) is 0 Å². The molecule has 0 unspecified atom stereocenters. The molecule has 166 valence electrons. The number of aromatic nitrogens is 4. The molecule has 0 saturated carbocycles. The molecule has 9 nitrogen and oxygen atoms in total. The van der Waals surface area contributed by atoms with Gasteiger partial charge in [-0.1, -0.05) is 0 Å². The van der Waals surface area contributed by atoms with Crippen molar-refractivity contribution in [2.75, 3.05) is 44.2 Å². The van der Waals surface area contributed by atoms with Gasteiger partial charge in [-0.3, -0.25) is 14.4 Å². The summed E-state index contributed by atoms with van der Waals surface area (Å²) in [4.78, 5) is 26.0. The molecule has 0 atom stereocenters. The number of hydrogen-bond donors (Lipinski definition) is 0. The van der Waals surface area contributed by atoms with E-state index in [-0.39, 0.29) is 13.1 Å². The number of carbonyl (C=O) groups is 1. The lowest BCUT2D eigenvalue weighted by molar-refractivity contribution is -0.163. The second-order valence-corrected chi connectivity index (χ2v) is 7.41. The highest BCUT2D eigenvalue weighted by molar-refractivity contribution is 5.86. The molecule has 1 saturated heterocycles. The number of fused-ring (bicyclic) bond motifs is 1. The van der Waals surface area contributed by atoms with Gasteiger partial charge in [-0.15, -0.1) is 0 Å². The van der Waals surface area contributed by atoms with Crippen molar-refractivity contribution >= 4 is 22.8 Å². The van der Waals surface area contributed by atoms with Crippen molar-refractivity contribution in [2.24, 2.45) is 7.05 Å². The summed E-state index contributed by atoms with van der Waals surface area (Å²) in [6.07, 6.45) is 0.0866. The van der Waals surface area contributed by atoms with Gasteiger partial charge in [0, 0.05) is 33.2 Å². The van der Waals surface area contributed by atoms with Crippen molar-refractivity contribution in [3.8, 4) is 0 Å². The lowest BCUT2D eigenvalue weighted by Gasteiger charge is -2.36. The van der Waals surface area contributed by atoms with E-state index in [1.54, 1.807) is 30.1 Å². The number of amides is 1. The normalized spacial score (nSPS) is 15.5. The summed E-state index contributed by atoms with van der Waals surface area (Å²) >= 11 is 0. The standard InChI is InChI=1S/C19H22F3N7O2/c1-26-17-15(9-25-26)18(24-13-23-17)28-6-4-27(5-7-28)11-16(30)29(12-19(20,21)22)10-14-3-2-8-31-14/h2-3,8-9,13H,4-7,10-12H2,1H3. The third kappa shape index (κ3) is 4.95. The number of nitrogens with zero attached hydrogens (tertiary/aromatic N) is 7. The third-order valence-electron chi connectivity index (χ3n) is 5.19. The predicted molar refractivity (Wildman–Crippen MR) is 105 cm³/mol. The summed E-state index contributed by atoms with van der Waals surface area (Å²) in [6.45, 7) is 0.613. The molecule has 0 aromatic carbocycles. The van der Waals surface area contributed by atoms with Crippen LogP contribution in [0.25, 0.3) is 11.0 Å². The molecular formula is C19H22F3N7O2. The molecule has 3 aromatic heterocycles. The first kappa shape index (κ1) is 21.1. The van der Waals surface area contributed by atoms with E-state index in [2.05, 4.69) is 20.0 Å². The van der Waals surface area contributed by atoms with Gasteiger partial charge in [0.2, 0.25) is 5.91 Å². The molecule has 1 fully saturated rings. The van der Waals surface area contributed by atoms with Crippen LogP contribution in [-0.4, -0.2) is 80.9 Å². The van der Waals surface area contributed by atoms with E-state index in [9.17, 15) is 18.0 Å². The molecule has 0 aliphatic carbocycles. The lowest BCUT2D eigenvalue weighted by atomic mass is 10.2. The Morgan fingerprint density at radius 3 is 2.68 bits per heavy atom. The van der Waals surface area contributed by atoms with E-state index in [0.29, 0.717) is 31.9 Å². The maximum absolute atomic E-state index is 13.0. The van der Waals surface area contributed by atoms with Crippen LogP contribution in [0.4, 0.5) is 19.0 Å². The average Bonchev–Trinajstić information content (AvgIpc) is 3.37. The molecule has 4 heterocycles. The van der Waals surface area contributed by atoms with Crippen LogP contribution in [0, 0.1) is 0 Å². The minimum Gasteiger partial charge on any atom is -0.467 e. The highest BCUT2D eigenvalue weighted by Crippen LogP contribution is 2.23. The predicted octanol–water partition coefficient (Wildman–Crippen LogP) is 1.67. The molecule has 1 aliphatic heterocycles. The fourth-order valence-electron chi connectivity index (χ4n) is 3.65. The molecule has 4 rings (SSSR count). The van der Waals surface area contributed by atoms with Crippen LogP contribution in [0.2, 0.25) is 0 Å². The number of furan rings is 1. The highest BCUT2D eigenvalue weighted by atomic mass is 19.4. The maximum atomic E-state index is 13.0. The Morgan fingerprint density at radius 2 is 2.00 bits per heavy atom. The van der Waals surface area contributed by atoms with Gasteiger partial charge in [0.1, 0.15) is 24.5 Å². The summed E-state index contributed by atoms with van der Waals surface area (Å²) in [5.41, 5.74) is 0.725. The van der Waals surface area contributed by atoms with Gasteiger partial charge < -0.3 is 14.2 Å². The Hall–Kier alpha value is -3.15. The molecule has 31 heavy (non-hydrogen) atoms. The zero-order valence-corrected chi connectivity index (χ0v) is 16.9. The van der Waals surface area contributed by atoms with Crippen LogP contribution in [0.5, 0.6) is 0 Å². The zero-order valence-electron chi connectivity index (χ0n) is 16.9. The Labute approximate surface area is 176 Å². The van der Waals surface area contributed by atoms with Gasteiger partial charge >= 0.3 is 6.18 Å². The van der Waals surface area contributed by atoms with Gasteiger partial charge in [-0.05, 0) is 12.1 Å². The fraction of sp³-hybridized carbons (Fsp3) is 0.474. The number of anilines is 1. The molecule has 3 aromatic rings. The minimum absolute atomic E-state index is 0.0866. The van der Waals surface area contributed by atoms with Crippen LogP contribution in [0.15, 0.2) is 35.3 Å². The number of aryl methyl sites for hydroxylation is 1. The van der Waals surface area contributed by atoms with Gasteiger partial charge in [0.25, 0.3) is 0 Å². The number of carbonyl (C=O) groups excluding carboxylic acids is 1.